The second kappa shape index (κ2) is 10.0. The number of halogens is 3. The number of nitrogens with zero attached hydrogens (tertiary/aromatic N) is 1. The predicted molar refractivity (Wildman–Crippen MR) is 134 cm³/mol. The van der Waals surface area contributed by atoms with Crippen molar-refractivity contribution >= 4 is 22.9 Å². The molecule has 1 N–H and O–H groups in total. The average molecular weight is 501 g/mol. The van der Waals surface area contributed by atoms with Crippen molar-refractivity contribution < 1.29 is 27.4 Å². The van der Waals surface area contributed by atoms with Crippen LogP contribution in [0.2, 0.25) is 0 Å². The van der Waals surface area contributed by atoms with Gasteiger partial charge in [-0.05, 0) is 75.6 Å². The first-order valence-corrected chi connectivity index (χ1v) is 12.0. The molecule has 3 aromatic rings. The van der Waals surface area contributed by atoms with Crippen LogP contribution in [0.4, 0.5) is 13.2 Å². The summed E-state index contributed by atoms with van der Waals surface area (Å²) in [6, 6.07) is 6.92. The summed E-state index contributed by atoms with van der Waals surface area (Å²) in [7, 11) is 1.57. The molecular weight excluding hydrogens is 469 g/mol. The molecule has 2 heterocycles. The first-order chi connectivity index (χ1) is 17.0. The van der Waals surface area contributed by atoms with Gasteiger partial charge in [0.1, 0.15) is 23.1 Å². The molecule has 1 aromatic heterocycles. The van der Waals surface area contributed by atoms with E-state index in [0.29, 0.717) is 17.9 Å². The Morgan fingerprint density at radius 3 is 2.53 bits per heavy atom. The van der Waals surface area contributed by atoms with Crippen LogP contribution in [-0.2, 0) is 16.0 Å². The van der Waals surface area contributed by atoms with E-state index >= 15 is 8.78 Å². The van der Waals surface area contributed by atoms with Crippen molar-refractivity contribution in [3.8, 4) is 5.75 Å². The number of hydrogen-bond acceptors (Lipinski definition) is 4. The fourth-order valence-electron chi connectivity index (χ4n) is 4.98. The maximum Gasteiger partial charge on any atom is 0.330 e. The third kappa shape index (κ3) is 5.14. The van der Waals surface area contributed by atoms with Crippen molar-refractivity contribution in [2.45, 2.75) is 51.9 Å². The van der Waals surface area contributed by atoms with E-state index in [0.717, 1.165) is 22.5 Å². The number of aromatic amines is 1. The van der Waals surface area contributed by atoms with E-state index in [1.54, 1.807) is 14.0 Å². The quantitative estimate of drug-likeness (QED) is 0.314. The number of rotatable bonds is 7. The normalized spacial score (nSPS) is 18.6. The van der Waals surface area contributed by atoms with E-state index in [4.69, 9.17) is 9.47 Å². The number of benzene rings is 2. The fraction of sp³-hybridized carbons (Fsp3) is 0.393. The van der Waals surface area contributed by atoms with E-state index in [2.05, 4.69) is 4.98 Å². The molecule has 0 saturated carbocycles. The van der Waals surface area contributed by atoms with Gasteiger partial charge in [0.15, 0.2) is 0 Å². The number of fused-ring (bicyclic) bond motifs is 3. The van der Waals surface area contributed by atoms with Gasteiger partial charge in [0.05, 0.1) is 19.8 Å². The molecule has 192 valence electrons. The first-order valence-electron chi connectivity index (χ1n) is 12.0. The third-order valence-corrected chi connectivity index (χ3v) is 6.45. The zero-order chi connectivity index (χ0) is 26.2. The summed E-state index contributed by atoms with van der Waals surface area (Å²) < 4.78 is 56.3. The van der Waals surface area contributed by atoms with E-state index < -0.39 is 29.3 Å². The molecule has 0 spiro atoms. The molecule has 0 aliphatic carbocycles. The van der Waals surface area contributed by atoms with E-state index in [1.165, 1.54) is 32.1 Å². The smallest absolute Gasteiger partial charge is 0.330 e. The summed E-state index contributed by atoms with van der Waals surface area (Å²) in [5, 5.41) is 0.941. The summed E-state index contributed by atoms with van der Waals surface area (Å²) in [5.41, 5.74) is 0.793. The van der Waals surface area contributed by atoms with E-state index in [1.807, 2.05) is 30.0 Å². The number of H-pyrrole nitrogens is 1. The number of alkyl halides is 1. The van der Waals surface area contributed by atoms with Gasteiger partial charge in [-0.25, -0.2) is 18.0 Å². The van der Waals surface area contributed by atoms with Gasteiger partial charge in [0.2, 0.25) is 0 Å². The van der Waals surface area contributed by atoms with Crippen LogP contribution in [0.15, 0.2) is 36.4 Å². The van der Waals surface area contributed by atoms with Crippen LogP contribution in [0.3, 0.4) is 0 Å². The lowest BCUT2D eigenvalue weighted by atomic mass is 9.87. The SMILES string of the molecule is CCOC(=O)/C=C/c1cc(F)c(C2c3[nH]c4cc(OC)ccc4c3CC(C)N2CC(C)(C)F)c(F)c1. The third-order valence-electron chi connectivity index (χ3n) is 6.45. The average Bonchev–Trinajstić information content (AvgIpc) is 3.15. The number of hydrogen-bond donors (Lipinski definition) is 1. The van der Waals surface area contributed by atoms with Gasteiger partial charge in [-0.2, -0.15) is 0 Å². The summed E-state index contributed by atoms with van der Waals surface area (Å²) in [4.78, 5) is 16.8. The standard InChI is InChI=1S/C28H31F3N2O3/c1-6-36-24(34)10-7-17-12-21(29)25(22(30)13-17)27-26-20(11-16(2)33(27)15-28(3,4)31)19-9-8-18(35-5)14-23(19)32-26/h7-10,12-14,16,27,32H,6,11,15H2,1-5H3/b10-7+. The number of nitrogens with one attached hydrogen (secondary N) is 1. The van der Waals surface area contributed by atoms with Gasteiger partial charge in [0, 0.05) is 46.9 Å². The molecule has 2 atom stereocenters. The molecule has 4 rings (SSSR count). The Morgan fingerprint density at radius 1 is 1.22 bits per heavy atom. The molecular formula is C28H31F3N2O3. The van der Waals surface area contributed by atoms with Crippen molar-refractivity contribution in [1.29, 1.82) is 0 Å². The van der Waals surface area contributed by atoms with Gasteiger partial charge in [-0.3, -0.25) is 4.90 Å². The predicted octanol–water partition coefficient (Wildman–Crippen LogP) is 6.12. The molecule has 0 saturated heterocycles. The summed E-state index contributed by atoms with van der Waals surface area (Å²) >= 11 is 0. The van der Waals surface area contributed by atoms with Gasteiger partial charge in [-0.1, -0.05) is 0 Å². The van der Waals surface area contributed by atoms with Crippen molar-refractivity contribution in [2.24, 2.45) is 0 Å². The minimum atomic E-state index is -1.59. The topological polar surface area (TPSA) is 54.6 Å². The largest absolute Gasteiger partial charge is 0.497 e. The molecule has 36 heavy (non-hydrogen) atoms. The zero-order valence-corrected chi connectivity index (χ0v) is 21.1. The summed E-state index contributed by atoms with van der Waals surface area (Å²) in [5.74, 6) is -1.50. The molecule has 5 nitrogen and oxygen atoms in total. The number of carbonyl (C=O) groups is 1. The maximum absolute atomic E-state index is 15.6. The van der Waals surface area contributed by atoms with Crippen LogP contribution in [0.25, 0.3) is 17.0 Å². The van der Waals surface area contributed by atoms with Crippen LogP contribution >= 0.6 is 0 Å². The van der Waals surface area contributed by atoms with Crippen LogP contribution in [0, 0.1) is 11.6 Å². The molecule has 0 amide bonds. The molecule has 8 heteroatoms. The lowest BCUT2D eigenvalue weighted by Crippen LogP contribution is -2.48. The fourth-order valence-corrected chi connectivity index (χ4v) is 4.98. The van der Waals surface area contributed by atoms with Crippen molar-refractivity contribution in [2.75, 3.05) is 20.3 Å². The van der Waals surface area contributed by atoms with E-state index in [9.17, 15) is 9.18 Å². The highest BCUT2D eigenvalue weighted by Gasteiger charge is 2.41. The number of esters is 1. The number of ether oxygens (including phenoxy) is 2. The lowest BCUT2D eigenvalue weighted by molar-refractivity contribution is -0.137. The van der Waals surface area contributed by atoms with Crippen LogP contribution in [0.5, 0.6) is 5.75 Å². The summed E-state index contributed by atoms with van der Waals surface area (Å²) in [6.07, 6.45) is 3.03. The van der Waals surface area contributed by atoms with Gasteiger partial charge in [0.25, 0.3) is 0 Å². The van der Waals surface area contributed by atoms with Crippen LogP contribution in [-0.4, -0.2) is 47.8 Å². The second-order valence-corrected chi connectivity index (χ2v) is 9.76. The Bertz CT molecular complexity index is 1290. The Kier molecular flexibility index (Phi) is 7.18. The molecule has 1 aliphatic rings. The highest BCUT2D eigenvalue weighted by Crippen LogP contribution is 2.43. The van der Waals surface area contributed by atoms with Crippen molar-refractivity contribution in [1.82, 2.24) is 9.88 Å². The molecule has 1 aliphatic heterocycles. The minimum absolute atomic E-state index is 0.0135. The maximum atomic E-state index is 15.6. The van der Waals surface area contributed by atoms with E-state index in [-0.39, 0.29) is 30.3 Å². The molecule has 0 fully saturated rings. The zero-order valence-electron chi connectivity index (χ0n) is 21.1. The van der Waals surface area contributed by atoms with Gasteiger partial charge < -0.3 is 14.5 Å². The minimum Gasteiger partial charge on any atom is -0.497 e. The van der Waals surface area contributed by atoms with Gasteiger partial charge >= 0.3 is 5.97 Å². The second-order valence-electron chi connectivity index (χ2n) is 9.76. The molecule has 2 unspecified atom stereocenters. The number of carbonyl (C=O) groups excluding carboxylic acids is 1. The number of aromatic nitrogens is 1. The Labute approximate surface area is 208 Å². The van der Waals surface area contributed by atoms with Crippen LogP contribution in [0.1, 0.15) is 56.1 Å². The van der Waals surface area contributed by atoms with Crippen molar-refractivity contribution in [3.63, 3.8) is 0 Å². The van der Waals surface area contributed by atoms with Crippen LogP contribution < -0.4 is 4.74 Å². The first kappa shape index (κ1) is 25.8. The highest BCUT2D eigenvalue weighted by molar-refractivity contribution is 5.87. The Hall–Kier alpha value is -3.26. The molecule has 0 bridgehead atoms. The highest BCUT2D eigenvalue weighted by atomic mass is 19.1. The lowest BCUT2D eigenvalue weighted by Gasteiger charge is -2.43. The Balaban J connectivity index is 1.86. The van der Waals surface area contributed by atoms with Gasteiger partial charge in [-0.15, -0.1) is 0 Å². The Morgan fingerprint density at radius 2 is 1.92 bits per heavy atom. The molecule has 0 radical (unpaired) electrons. The van der Waals surface area contributed by atoms with Crippen molar-refractivity contribution in [3.05, 3.63) is 70.4 Å². The monoisotopic (exact) mass is 500 g/mol. The summed E-state index contributed by atoms with van der Waals surface area (Å²) in [6.45, 7) is 6.71. The molecule has 2 aromatic carbocycles. The number of methoxy groups -OCH3 is 1.